The van der Waals surface area contributed by atoms with Crippen molar-refractivity contribution in [2.24, 2.45) is 0 Å². The summed E-state index contributed by atoms with van der Waals surface area (Å²) in [5, 5.41) is 8.70. The molecule has 0 spiro atoms. The van der Waals surface area contributed by atoms with E-state index in [1.165, 1.54) is 11.8 Å². The Morgan fingerprint density at radius 3 is 2.53 bits per heavy atom. The number of aliphatic carboxylic acids is 1. The molecule has 0 aliphatic carbocycles. The van der Waals surface area contributed by atoms with Gasteiger partial charge in [0.05, 0.1) is 12.4 Å². The summed E-state index contributed by atoms with van der Waals surface area (Å²) < 4.78 is 4.73. The minimum Gasteiger partial charge on any atom is -0.478 e. The fourth-order valence-corrected chi connectivity index (χ4v) is 1.57. The van der Waals surface area contributed by atoms with Crippen LogP contribution in [0.2, 0.25) is 0 Å². The number of hydrogen-bond donors (Lipinski definition) is 1. The van der Waals surface area contributed by atoms with Gasteiger partial charge >= 0.3 is 11.9 Å². The maximum Gasteiger partial charge on any atom is 0.331 e. The van der Waals surface area contributed by atoms with E-state index in [0.717, 1.165) is 0 Å². The lowest BCUT2D eigenvalue weighted by molar-refractivity contribution is -0.139. The van der Waals surface area contributed by atoms with Gasteiger partial charge < -0.3 is 9.84 Å². The number of carbonyl (C=O) groups is 2. The largest absolute Gasteiger partial charge is 0.478 e. The Balaban J connectivity index is 3.77. The number of carboxylic acid groups (broad SMARTS) is 1. The maximum atomic E-state index is 10.9. The van der Waals surface area contributed by atoms with E-state index in [-0.39, 0.29) is 11.7 Å². The van der Waals surface area contributed by atoms with Crippen LogP contribution in [0, 0.1) is 0 Å². The zero-order valence-corrected chi connectivity index (χ0v) is 9.80. The second-order valence-corrected chi connectivity index (χ2v) is 3.74. The van der Waals surface area contributed by atoms with Crippen molar-refractivity contribution >= 4 is 23.7 Å². The van der Waals surface area contributed by atoms with E-state index in [0.29, 0.717) is 24.4 Å². The number of ether oxygens (including phenoxy) is 1. The standard InChI is InChI=1S/C10H16O4S/c1-3-8(10(12)13)5-6-15-7-9(11)14-4-2/h5H,3-4,6-7H2,1-2H3,(H,12,13). The molecule has 0 rings (SSSR count). The Morgan fingerprint density at radius 2 is 2.07 bits per heavy atom. The highest BCUT2D eigenvalue weighted by Crippen LogP contribution is 2.06. The molecule has 0 radical (unpaired) electrons. The molecule has 0 fully saturated rings. The molecule has 0 amide bonds. The van der Waals surface area contributed by atoms with Gasteiger partial charge in [-0.25, -0.2) is 4.79 Å². The smallest absolute Gasteiger partial charge is 0.331 e. The quantitative estimate of drug-likeness (QED) is 0.411. The summed E-state index contributed by atoms with van der Waals surface area (Å²) in [5.74, 6) is -0.367. The van der Waals surface area contributed by atoms with E-state index in [1.807, 2.05) is 0 Å². The van der Waals surface area contributed by atoms with Crippen LogP contribution in [0.4, 0.5) is 0 Å². The van der Waals surface area contributed by atoms with Gasteiger partial charge in [-0.05, 0) is 13.3 Å². The van der Waals surface area contributed by atoms with E-state index in [2.05, 4.69) is 0 Å². The third-order valence-corrected chi connectivity index (χ3v) is 2.47. The number of rotatable bonds is 7. The van der Waals surface area contributed by atoms with Crippen LogP contribution in [-0.2, 0) is 14.3 Å². The first-order chi connectivity index (χ1) is 7.11. The highest BCUT2D eigenvalue weighted by Gasteiger charge is 2.04. The summed E-state index contributed by atoms with van der Waals surface area (Å²) in [4.78, 5) is 21.5. The number of thioether (sulfide) groups is 1. The average Bonchev–Trinajstić information content (AvgIpc) is 2.17. The van der Waals surface area contributed by atoms with Gasteiger partial charge in [-0.15, -0.1) is 11.8 Å². The van der Waals surface area contributed by atoms with Gasteiger partial charge in [0.2, 0.25) is 0 Å². The molecule has 0 aromatic carbocycles. The Kier molecular flexibility index (Phi) is 7.81. The Bertz CT molecular complexity index is 248. The van der Waals surface area contributed by atoms with Crippen molar-refractivity contribution in [2.75, 3.05) is 18.1 Å². The molecule has 0 bridgehead atoms. The molecule has 1 N–H and O–H groups in total. The summed E-state index contributed by atoms with van der Waals surface area (Å²) in [5.41, 5.74) is 0.381. The summed E-state index contributed by atoms with van der Waals surface area (Å²) in [7, 11) is 0. The van der Waals surface area contributed by atoms with Crippen LogP contribution >= 0.6 is 11.8 Å². The van der Waals surface area contributed by atoms with E-state index in [4.69, 9.17) is 9.84 Å². The molecule has 0 saturated heterocycles. The Morgan fingerprint density at radius 1 is 1.40 bits per heavy atom. The van der Waals surface area contributed by atoms with Crippen LogP contribution in [0.1, 0.15) is 20.3 Å². The van der Waals surface area contributed by atoms with E-state index >= 15 is 0 Å². The van der Waals surface area contributed by atoms with Crippen LogP contribution in [0.15, 0.2) is 11.6 Å². The molecule has 15 heavy (non-hydrogen) atoms. The van der Waals surface area contributed by atoms with Gasteiger partial charge in [0.25, 0.3) is 0 Å². The highest BCUT2D eigenvalue weighted by atomic mass is 32.2. The third kappa shape index (κ3) is 7.02. The van der Waals surface area contributed by atoms with E-state index in [1.54, 1.807) is 19.9 Å². The Hall–Kier alpha value is -0.970. The molecule has 5 heteroatoms. The second-order valence-electron chi connectivity index (χ2n) is 2.71. The highest BCUT2D eigenvalue weighted by molar-refractivity contribution is 8.00. The van der Waals surface area contributed by atoms with Gasteiger partial charge in [-0.1, -0.05) is 13.0 Å². The predicted molar refractivity (Wildman–Crippen MR) is 60.0 cm³/mol. The summed E-state index contributed by atoms with van der Waals surface area (Å²) in [6.07, 6.45) is 2.13. The van der Waals surface area contributed by atoms with Crippen LogP contribution in [-0.4, -0.2) is 35.2 Å². The number of carboxylic acids is 1. The zero-order chi connectivity index (χ0) is 11.7. The first kappa shape index (κ1) is 14.0. The van der Waals surface area contributed by atoms with Crippen molar-refractivity contribution in [3.63, 3.8) is 0 Å². The SMILES string of the molecule is CCOC(=O)CSCC=C(CC)C(=O)O. The van der Waals surface area contributed by atoms with Crippen molar-refractivity contribution in [1.82, 2.24) is 0 Å². The second kappa shape index (κ2) is 8.35. The van der Waals surface area contributed by atoms with Crippen molar-refractivity contribution in [2.45, 2.75) is 20.3 Å². The maximum absolute atomic E-state index is 10.9. The van der Waals surface area contributed by atoms with Crippen molar-refractivity contribution in [1.29, 1.82) is 0 Å². The van der Waals surface area contributed by atoms with Gasteiger partial charge in [0.15, 0.2) is 0 Å². The first-order valence-electron chi connectivity index (χ1n) is 4.77. The number of carbonyl (C=O) groups excluding carboxylic acids is 1. The van der Waals surface area contributed by atoms with Gasteiger partial charge in [0, 0.05) is 11.3 Å². The lowest BCUT2D eigenvalue weighted by Crippen LogP contribution is -2.07. The lowest BCUT2D eigenvalue weighted by Gasteiger charge is -2.00. The minimum absolute atomic E-state index is 0.260. The lowest BCUT2D eigenvalue weighted by atomic mass is 10.2. The van der Waals surface area contributed by atoms with Gasteiger partial charge in [-0.2, -0.15) is 0 Å². The summed E-state index contributed by atoms with van der Waals surface area (Å²) >= 11 is 1.35. The molecular weight excluding hydrogens is 216 g/mol. The number of esters is 1. The van der Waals surface area contributed by atoms with Gasteiger partial charge in [-0.3, -0.25) is 4.79 Å². The van der Waals surface area contributed by atoms with E-state index < -0.39 is 5.97 Å². The van der Waals surface area contributed by atoms with Crippen LogP contribution < -0.4 is 0 Å². The first-order valence-corrected chi connectivity index (χ1v) is 5.92. The predicted octanol–water partition coefficient (Wildman–Crippen LogP) is 1.70. The molecule has 0 atom stereocenters. The molecule has 0 unspecified atom stereocenters. The minimum atomic E-state index is -0.894. The monoisotopic (exact) mass is 232 g/mol. The molecule has 0 aliphatic heterocycles. The average molecular weight is 232 g/mol. The van der Waals surface area contributed by atoms with Crippen LogP contribution in [0.3, 0.4) is 0 Å². The molecule has 0 aromatic rings. The number of hydrogen-bond acceptors (Lipinski definition) is 4. The zero-order valence-electron chi connectivity index (χ0n) is 8.99. The normalized spacial score (nSPS) is 11.2. The van der Waals surface area contributed by atoms with Crippen molar-refractivity contribution < 1.29 is 19.4 Å². The molecule has 0 heterocycles. The van der Waals surface area contributed by atoms with Gasteiger partial charge in [0.1, 0.15) is 0 Å². The molecule has 0 aliphatic rings. The van der Waals surface area contributed by atoms with Crippen LogP contribution in [0.25, 0.3) is 0 Å². The molecular formula is C10H16O4S. The molecule has 86 valence electrons. The fourth-order valence-electron chi connectivity index (χ4n) is 0.887. The third-order valence-electron chi connectivity index (χ3n) is 1.63. The van der Waals surface area contributed by atoms with Crippen LogP contribution in [0.5, 0.6) is 0 Å². The summed E-state index contributed by atoms with van der Waals surface area (Å²) in [6.45, 7) is 3.92. The molecule has 4 nitrogen and oxygen atoms in total. The summed E-state index contributed by atoms with van der Waals surface area (Å²) in [6, 6.07) is 0. The molecule has 0 saturated carbocycles. The van der Waals surface area contributed by atoms with E-state index in [9.17, 15) is 9.59 Å². The topological polar surface area (TPSA) is 63.6 Å². The van der Waals surface area contributed by atoms with Crippen molar-refractivity contribution in [3.05, 3.63) is 11.6 Å². The van der Waals surface area contributed by atoms with Crippen molar-refractivity contribution in [3.8, 4) is 0 Å². The Labute approximate surface area is 93.7 Å². The molecule has 0 aromatic heterocycles. The fraction of sp³-hybridized carbons (Fsp3) is 0.600.